The van der Waals surface area contributed by atoms with Gasteiger partial charge in [0.15, 0.2) is 6.61 Å². The number of para-hydroxylation sites is 2. The van der Waals surface area contributed by atoms with Crippen molar-refractivity contribution in [1.29, 1.82) is 0 Å². The van der Waals surface area contributed by atoms with Crippen molar-refractivity contribution in [3.63, 3.8) is 0 Å². The van der Waals surface area contributed by atoms with Crippen LogP contribution in [0.1, 0.15) is 18.2 Å². The lowest BCUT2D eigenvalue weighted by Gasteiger charge is -2.14. The van der Waals surface area contributed by atoms with Crippen molar-refractivity contribution in [1.82, 2.24) is 0 Å². The lowest BCUT2D eigenvalue weighted by Crippen LogP contribution is -2.21. The van der Waals surface area contributed by atoms with Gasteiger partial charge in [-0.2, -0.15) is 13.2 Å². The molecule has 0 saturated carbocycles. The van der Waals surface area contributed by atoms with Crippen LogP contribution in [0.4, 0.5) is 18.9 Å². The van der Waals surface area contributed by atoms with Gasteiger partial charge in [0.1, 0.15) is 17.1 Å². The van der Waals surface area contributed by atoms with E-state index in [9.17, 15) is 22.8 Å². The number of hydrogen-bond acceptors (Lipinski definition) is 5. The Kier molecular flexibility index (Phi) is 7.21. The van der Waals surface area contributed by atoms with Gasteiger partial charge in [0, 0.05) is 11.8 Å². The SMILES string of the molecule is CCc1ccccc1NC(=O)COc1ccc2c(=O)c(Oc3ccccc3Cl)c(C(F)(F)F)oc2c1. The Labute approximate surface area is 208 Å². The molecule has 4 rings (SSSR count). The number of carbonyl (C=O) groups excluding carboxylic acids is 1. The Hall–Kier alpha value is -3.98. The highest BCUT2D eigenvalue weighted by Gasteiger charge is 2.40. The van der Waals surface area contributed by atoms with E-state index in [0.29, 0.717) is 12.1 Å². The predicted octanol–water partition coefficient (Wildman–Crippen LogP) is 6.84. The van der Waals surface area contributed by atoms with Crippen LogP contribution >= 0.6 is 11.6 Å². The number of aryl methyl sites for hydroxylation is 1. The van der Waals surface area contributed by atoms with Gasteiger partial charge in [0.25, 0.3) is 11.7 Å². The molecule has 0 fully saturated rings. The first kappa shape index (κ1) is 25.1. The van der Waals surface area contributed by atoms with E-state index in [1.165, 1.54) is 30.3 Å². The number of ether oxygens (including phenoxy) is 2. The van der Waals surface area contributed by atoms with Crippen molar-refractivity contribution in [3.05, 3.63) is 93.3 Å². The first-order valence-electron chi connectivity index (χ1n) is 10.8. The largest absolute Gasteiger partial charge is 0.484 e. The number of amides is 1. The van der Waals surface area contributed by atoms with Gasteiger partial charge in [-0.3, -0.25) is 9.59 Å². The summed E-state index contributed by atoms with van der Waals surface area (Å²) in [6.45, 7) is 1.54. The van der Waals surface area contributed by atoms with E-state index in [2.05, 4.69) is 5.32 Å². The number of halogens is 4. The Balaban J connectivity index is 1.61. The fourth-order valence-corrected chi connectivity index (χ4v) is 3.62. The van der Waals surface area contributed by atoms with Crippen molar-refractivity contribution in [3.8, 4) is 17.2 Å². The van der Waals surface area contributed by atoms with Crippen molar-refractivity contribution in [2.45, 2.75) is 19.5 Å². The van der Waals surface area contributed by atoms with E-state index in [1.807, 2.05) is 19.1 Å². The molecular weight excluding hydrogens is 499 g/mol. The molecule has 10 heteroatoms. The van der Waals surface area contributed by atoms with Crippen LogP contribution in [0.2, 0.25) is 5.02 Å². The van der Waals surface area contributed by atoms with E-state index in [4.69, 9.17) is 25.5 Å². The van der Waals surface area contributed by atoms with Crippen LogP contribution in [0.25, 0.3) is 11.0 Å². The van der Waals surface area contributed by atoms with Gasteiger partial charge in [-0.15, -0.1) is 0 Å². The summed E-state index contributed by atoms with van der Waals surface area (Å²) in [5, 5.41) is 2.58. The molecule has 0 saturated heterocycles. The number of alkyl halides is 3. The summed E-state index contributed by atoms with van der Waals surface area (Å²) >= 11 is 5.97. The molecule has 4 aromatic rings. The van der Waals surface area contributed by atoms with E-state index < -0.39 is 35.6 Å². The maximum atomic E-state index is 13.8. The van der Waals surface area contributed by atoms with E-state index in [0.717, 1.165) is 11.6 Å². The summed E-state index contributed by atoms with van der Waals surface area (Å²) in [6, 6.07) is 16.8. The third-order valence-electron chi connectivity index (χ3n) is 5.17. The van der Waals surface area contributed by atoms with Gasteiger partial charge in [0.05, 0.1) is 10.4 Å². The first-order chi connectivity index (χ1) is 17.2. The molecule has 0 aliphatic carbocycles. The van der Waals surface area contributed by atoms with Crippen LogP contribution in [0.3, 0.4) is 0 Å². The number of fused-ring (bicyclic) bond motifs is 1. The molecule has 0 unspecified atom stereocenters. The number of hydrogen-bond donors (Lipinski definition) is 1. The maximum absolute atomic E-state index is 13.8. The van der Waals surface area contributed by atoms with E-state index in [-0.39, 0.29) is 27.5 Å². The topological polar surface area (TPSA) is 77.8 Å². The van der Waals surface area contributed by atoms with Gasteiger partial charge in [-0.1, -0.05) is 48.9 Å². The quantitative estimate of drug-likeness (QED) is 0.290. The van der Waals surface area contributed by atoms with Gasteiger partial charge in [0.2, 0.25) is 11.2 Å². The minimum atomic E-state index is -5.03. The minimum Gasteiger partial charge on any atom is -0.484 e. The molecule has 0 bridgehead atoms. The summed E-state index contributed by atoms with van der Waals surface area (Å²) in [6.07, 6.45) is -4.32. The molecule has 0 aliphatic heterocycles. The van der Waals surface area contributed by atoms with E-state index >= 15 is 0 Å². The van der Waals surface area contributed by atoms with Gasteiger partial charge in [-0.25, -0.2) is 0 Å². The van der Waals surface area contributed by atoms with Gasteiger partial charge < -0.3 is 19.2 Å². The molecular formula is C26H19ClF3NO5. The Bertz CT molecular complexity index is 1480. The van der Waals surface area contributed by atoms with E-state index in [1.54, 1.807) is 18.2 Å². The highest BCUT2D eigenvalue weighted by atomic mass is 35.5. The van der Waals surface area contributed by atoms with Crippen molar-refractivity contribution < 1.29 is 31.9 Å². The lowest BCUT2D eigenvalue weighted by atomic mass is 10.1. The minimum absolute atomic E-state index is 0.0220. The second kappa shape index (κ2) is 10.3. The smallest absolute Gasteiger partial charge is 0.453 e. The number of anilines is 1. The Morgan fingerprint density at radius 3 is 2.50 bits per heavy atom. The molecule has 186 valence electrons. The summed E-state index contributed by atoms with van der Waals surface area (Å²) in [4.78, 5) is 25.2. The average Bonchev–Trinajstić information content (AvgIpc) is 2.85. The maximum Gasteiger partial charge on any atom is 0.453 e. The molecule has 1 amide bonds. The van der Waals surface area contributed by atoms with Crippen LogP contribution in [0, 0.1) is 0 Å². The number of carbonyl (C=O) groups is 1. The summed E-state index contributed by atoms with van der Waals surface area (Å²) in [5.74, 6) is -3.21. The normalized spacial score (nSPS) is 11.4. The van der Waals surface area contributed by atoms with Crippen LogP contribution in [-0.4, -0.2) is 12.5 Å². The molecule has 0 aliphatic rings. The zero-order valence-corrected chi connectivity index (χ0v) is 19.6. The highest BCUT2D eigenvalue weighted by Crippen LogP contribution is 2.39. The fraction of sp³-hybridized carbons (Fsp3) is 0.154. The third kappa shape index (κ3) is 5.46. The molecule has 1 N–H and O–H groups in total. The first-order valence-corrected chi connectivity index (χ1v) is 11.2. The lowest BCUT2D eigenvalue weighted by molar-refractivity contribution is -0.154. The van der Waals surface area contributed by atoms with Gasteiger partial charge >= 0.3 is 6.18 Å². The molecule has 36 heavy (non-hydrogen) atoms. The average molecular weight is 518 g/mol. The van der Waals surface area contributed by atoms with Crippen molar-refractivity contribution in [2.24, 2.45) is 0 Å². The van der Waals surface area contributed by atoms with Crippen molar-refractivity contribution >= 4 is 34.2 Å². The zero-order valence-electron chi connectivity index (χ0n) is 18.8. The van der Waals surface area contributed by atoms with Crippen LogP contribution in [0.5, 0.6) is 17.2 Å². The summed E-state index contributed by atoms with van der Waals surface area (Å²) in [7, 11) is 0. The predicted molar refractivity (Wildman–Crippen MR) is 129 cm³/mol. The Morgan fingerprint density at radius 1 is 1.06 bits per heavy atom. The van der Waals surface area contributed by atoms with Gasteiger partial charge in [-0.05, 0) is 42.3 Å². The second-order valence-corrected chi connectivity index (χ2v) is 8.03. The molecule has 0 radical (unpaired) electrons. The number of rotatable bonds is 7. The molecule has 3 aromatic carbocycles. The number of benzene rings is 3. The summed E-state index contributed by atoms with van der Waals surface area (Å²) < 4.78 is 57.0. The standard InChI is InChI=1S/C26H19ClF3NO5/c1-2-15-7-3-5-9-19(15)31-22(32)14-34-16-11-12-17-21(13-16)36-25(26(28,29)30)24(23(17)33)35-20-10-6-4-8-18(20)27/h3-13H,2,14H2,1H3,(H,31,32). The zero-order chi connectivity index (χ0) is 25.9. The summed E-state index contributed by atoms with van der Waals surface area (Å²) in [5.41, 5.74) is 0.156. The highest BCUT2D eigenvalue weighted by molar-refractivity contribution is 6.32. The molecule has 1 aromatic heterocycles. The van der Waals surface area contributed by atoms with Crippen LogP contribution in [0.15, 0.2) is 75.9 Å². The number of nitrogens with one attached hydrogen (secondary N) is 1. The van der Waals surface area contributed by atoms with Crippen LogP contribution in [-0.2, 0) is 17.4 Å². The fourth-order valence-electron chi connectivity index (χ4n) is 3.45. The molecule has 1 heterocycles. The molecule has 0 spiro atoms. The second-order valence-electron chi connectivity index (χ2n) is 7.63. The monoisotopic (exact) mass is 517 g/mol. The molecule has 0 atom stereocenters. The Morgan fingerprint density at radius 2 is 1.78 bits per heavy atom. The van der Waals surface area contributed by atoms with Crippen LogP contribution < -0.4 is 20.2 Å². The third-order valence-corrected chi connectivity index (χ3v) is 5.48. The van der Waals surface area contributed by atoms with Crippen molar-refractivity contribution in [2.75, 3.05) is 11.9 Å². The molecule has 6 nitrogen and oxygen atoms in total.